The van der Waals surface area contributed by atoms with E-state index in [-0.39, 0.29) is 6.04 Å². The van der Waals surface area contributed by atoms with E-state index in [1.54, 1.807) is 0 Å². The molecule has 1 aromatic carbocycles. The average molecular weight is 257 g/mol. The summed E-state index contributed by atoms with van der Waals surface area (Å²) in [6, 6.07) is 8.70. The summed E-state index contributed by atoms with van der Waals surface area (Å²) in [5.41, 5.74) is 7.18. The van der Waals surface area contributed by atoms with Crippen molar-refractivity contribution >= 4 is 15.9 Å². The van der Waals surface area contributed by atoms with Crippen LogP contribution in [0, 0.1) is 0 Å². The number of benzene rings is 1. The number of hydrogen-bond donors (Lipinski definition) is 2. The summed E-state index contributed by atoms with van der Waals surface area (Å²) in [5.74, 6) is 0. The molecular formula is C11H17BrN2. The molecule has 0 radical (unpaired) electrons. The molecule has 0 aromatic heterocycles. The highest BCUT2D eigenvalue weighted by molar-refractivity contribution is 9.10. The van der Waals surface area contributed by atoms with E-state index in [0.29, 0.717) is 6.04 Å². The summed E-state index contributed by atoms with van der Waals surface area (Å²) < 4.78 is 1.09. The van der Waals surface area contributed by atoms with Crippen LogP contribution in [-0.4, -0.2) is 12.6 Å². The van der Waals surface area contributed by atoms with Crippen molar-refractivity contribution in [2.24, 2.45) is 5.73 Å². The molecular weight excluding hydrogens is 240 g/mol. The predicted octanol–water partition coefficient (Wildman–Crippen LogP) is 2.45. The van der Waals surface area contributed by atoms with Crippen molar-refractivity contribution in [3.8, 4) is 0 Å². The second-order valence-electron chi connectivity index (χ2n) is 3.72. The second kappa shape index (κ2) is 5.49. The fraction of sp³-hybridized carbons (Fsp3) is 0.455. The van der Waals surface area contributed by atoms with Gasteiger partial charge in [-0.2, -0.15) is 0 Å². The molecule has 0 saturated carbocycles. The van der Waals surface area contributed by atoms with Crippen LogP contribution in [0.5, 0.6) is 0 Å². The van der Waals surface area contributed by atoms with E-state index in [1.807, 2.05) is 12.1 Å². The predicted molar refractivity (Wildman–Crippen MR) is 64.2 cm³/mol. The van der Waals surface area contributed by atoms with Gasteiger partial charge in [-0.15, -0.1) is 0 Å². The molecule has 0 fully saturated rings. The molecule has 3 N–H and O–H groups in total. The summed E-state index contributed by atoms with van der Waals surface area (Å²) in [4.78, 5) is 0. The monoisotopic (exact) mass is 256 g/mol. The van der Waals surface area contributed by atoms with Gasteiger partial charge in [0.05, 0.1) is 0 Å². The van der Waals surface area contributed by atoms with Gasteiger partial charge in [0.2, 0.25) is 0 Å². The smallest absolute Gasteiger partial charge is 0.0421 e. The first-order chi connectivity index (χ1) is 6.59. The number of hydrogen-bond acceptors (Lipinski definition) is 2. The zero-order valence-corrected chi connectivity index (χ0v) is 10.2. The van der Waals surface area contributed by atoms with Crippen LogP contribution in [0.1, 0.15) is 25.5 Å². The molecule has 78 valence electrons. The Morgan fingerprint density at radius 2 is 1.86 bits per heavy atom. The van der Waals surface area contributed by atoms with Crippen LogP contribution in [0.4, 0.5) is 0 Å². The number of nitrogens with two attached hydrogens (primary N) is 1. The van der Waals surface area contributed by atoms with Crippen molar-refractivity contribution in [1.29, 1.82) is 0 Å². The standard InChI is InChI=1S/C11H17BrN2/c1-8(2)14-7-11(13)9-3-5-10(12)6-4-9/h3-6,8,11,14H,7,13H2,1-2H3. The number of nitrogens with one attached hydrogen (secondary N) is 1. The molecule has 0 saturated heterocycles. The van der Waals surface area contributed by atoms with Gasteiger partial charge in [0, 0.05) is 23.1 Å². The topological polar surface area (TPSA) is 38.0 Å². The maximum Gasteiger partial charge on any atom is 0.0421 e. The Morgan fingerprint density at radius 3 is 2.36 bits per heavy atom. The zero-order valence-electron chi connectivity index (χ0n) is 8.63. The Kier molecular flexibility index (Phi) is 4.58. The van der Waals surface area contributed by atoms with E-state index in [4.69, 9.17) is 5.73 Å². The quantitative estimate of drug-likeness (QED) is 0.869. The molecule has 1 unspecified atom stereocenters. The Hall–Kier alpha value is -0.380. The Bertz CT molecular complexity index is 269. The Morgan fingerprint density at radius 1 is 1.29 bits per heavy atom. The van der Waals surface area contributed by atoms with Crippen molar-refractivity contribution < 1.29 is 0 Å². The van der Waals surface area contributed by atoms with Crippen LogP contribution in [0.3, 0.4) is 0 Å². The van der Waals surface area contributed by atoms with Gasteiger partial charge >= 0.3 is 0 Å². The lowest BCUT2D eigenvalue weighted by Gasteiger charge is -2.15. The van der Waals surface area contributed by atoms with Crippen molar-refractivity contribution in [3.63, 3.8) is 0 Å². The second-order valence-corrected chi connectivity index (χ2v) is 4.64. The summed E-state index contributed by atoms with van der Waals surface area (Å²) in [6.45, 7) is 5.06. The Balaban J connectivity index is 2.52. The maximum absolute atomic E-state index is 6.02. The van der Waals surface area contributed by atoms with Crippen LogP contribution in [0.25, 0.3) is 0 Å². The van der Waals surface area contributed by atoms with Crippen molar-refractivity contribution in [3.05, 3.63) is 34.3 Å². The summed E-state index contributed by atoms with van der Waals surface area (Å²) in [5, 5.41) is 3.32. The van der Waals surface area contributed by atoms with E-state index < -0.39 is 0 Å². The van der Waals surface area contributed by atoms with E-state index >= 15 is 0 Å². The van der Waals surface area contributed by atoms with Crippen molar-refractivity contribution in [1.82, 2.24) is 5.32 Å². The van der Waals surface area contributed by atoms with E-state index in [9.17, 15) is 0 Å². The highest BCUT2D eigenvalue weighted by Crippen LogP contribution is 2.14. The molecule has 0 spiro atoms. The summed E-state index contributed by atoms with van der Waals surface area (Å²) in [6.07, 6.45) is 0. The van der Waals surface area contributed by atoms with Gasteiger partial charge in [-0.05, 0) is 17.7 Å². The van der Waals surface area contributed by atoms with Gasteiger partial charge in [0.25, 0.3) is 0 Å². The highest BCUT2D eigenvalue weighted by atomic mass is 79.9. The van der Waals surface area contributed by atoms with E-state index in [1.165, 1.54) is 5.56 Å². The fourth-order valence-electron chi connectivity index (χ4n) is 1.19. The van der Waals surface area contributed by atoms with Gasteiger partial charge in [0.15, 0.2) is 0 Å². The third kappa shape index (κ3) is 3.78. The minimum absolute atomic E-state index is 0.0745. The van der Waals surface area contributed by atoms with E-state index in [2.05, 4.69) is 47.2 Å². The first-order valence-corrected chi connectivity index (χ1v) is 5.63. The van der Waals surface area contributed by atoms with E-state index in [0.717, 1.165) is 11.0 Å². The molecule has 0 amide bonds. The average Bonchev–Trinajstić information content (AvgIpc) is 2.15. The van der Waals surface area contributed by atoms with Crippen LogP contribution < -0.4 is 11.1 Å². The molecule has 1 atom stereocenters. The minimum atomic E-state index is 0.0745. The molecule has 0 bridgehead atoms. The number of halogens is 1. The lowest BCUT2D eigenvalue weighted by atomic mass is 10.1. The molecule has 1 aromatic rings. The van der Waals surface area contributed by atoms with Gasteiger partial charge in [-0.3, -0.25) is 0 Å². The molecule has 1 rings (SSSR count). The molecule has 0 aliphatic heterocycles. The SMILES string of the molecule is CC(C)NCC(N)c1ccc(Br)cc1. The lowest BCUT2D eigenvalue weighted by molar-refractivity contribution is 0.538. The first kappa shape index (κ1) is 11.7. The first-order valence-electron chi connectivity index (χ1n) is 4.84. The number of rotatable bonds is 4. The summed E-state index contributed by atoms with van der Waals surface area (Å²) >= 11 is 3.40. The van der Waals surface area contributed by atoms with Crippen LogP contribution >= 0.6 is 15.9 Å². The van der Waals surface area contributed by atoms with Gasteiger partial charge in [-0.25, -0.2) is 0 Å². The highest BCUT2D eigenvalue weighted by Gasteiger charge is 2.05. The van der Waals surface area contributed by atoms with Gasteiger partial charge in [0.1, 0.15) is 0 Å². The summed E-state index contributed by atoms with van der Waals surface area (Å²) in [7, 11) is 0. The van der Waals surface area contributed by atoms with Crippen molar-refractivity contribution in [2.75, 3.05) is 6.54 Å². The maximum atomic E-state index is 6.02. The third-order valence-electron chi connectivity index (χ3n) is 2.04. The lowest BCUT2D eigenvalue weighted by Crippen LogP contribution is -2.31. The molecule has 3 heteroatoms. The molecule has 0 aliphatic carbocycles. The minimum Gasteiger partial charge on any atom is -0.323 e. The third-order valence-corrected chi connectivity index (χ3v) is 2.57. The Labute approximate surface area is 94.0 Å². The zero-order chi connectivity index (χ0) is 10.6. The van der Waals surface area contributed by atoms with Gasteiger partial charge < -0.3 is 11.1 Å². The van der Waals surface area contributed by atoms with Crippen molar-refractivity contribution in [2.45, 2.75) is 25.9 Å². The fourth-order valence-corrected chi connectivity index (χ4v) is 1.45. The van der Waals surface area contributed by atoms with Gasteiger partial charge in [-0.1, -0.05) is 41.9 Å². The van der Waals surface area contributed by atoms with Crippen LogP contribution in [-0.2, 0) is 0 Å². The van der Waals surface area contributed by atoms with Crippen LogP contribution in [0.15, 0.2) is 28.7 Å². The largest absolute Gasteiger partial charge is 0.323 e. The molecule has 0 heterocycles. The van der Waals surface area contributed by atoms with Crippen LogP contribution in [0.2, 0.25) is 0 Å². The molecule has 0 aliphatic rings. The molecule has 2 nitrogen and oxygen atoms in total. The molecule has 14 heavy (non-hydrogen) atoms. The normalized spacial score (nSPS) is 13.2.